The van der Waals surface area contributed by atoms with Gasteiger partial charge in [0, 0.05) is 18.1 Å². The maximum Gasteiger partial charge on any atom is 0.298 e. The molecule has 1 aromatic carbocycles. The third kappa shape index (κ3) is 4.24. The Hall–Kier alpha value is -2.54. The standard InChI is InChI=1S/C20H14ClN3OS2/c21-17-10-9-16(27-17)20-22-15(13-26-20)19(25)23-18-8-4-5-11-24(18)12-14-6-2-1-3-7-14/h1-11,13H,12H2. The Morgan fingerprint density at radius 1 is 1.07 bits per heavy atom. The number of pyridine rings is 1. The number of carbonyl (C=O) groups excluding carboxylic acids is 1. The molecule has 0 spiro atoms. The van der Waals surface area contributed by atoms with Crippen LogP contribution in [0.15, 0.2) is 77.2 Å². The number of hydrogen-bond acceptors (Lipinski definition) is 4. The molecule has 0 aliphatic rings. The zero-order chi connectivity index (χ0) is 18.6. The lowest BCUT2D eigenvalue weighted by Gasteiger charge is -2.07. The van der Waals surface area contributed by atoms with Crippen molar-refractivity contribution in [3.05, 3.63) is 93.3 Å². The molecule has 0 aliphatic carbocycles. The summed E-state index contributed by atoms with van der Waals surface area (Å²) in [4.78, 5) is 22.3. The molecule has 0 aliphatic heterocycles. The van der Waals surface area contributed by atoms with Crippen molar-refractivity contribution in [2.24, 2.45) is 4.99 Å². The molecule has 0 fully saturated rings. The summed E-state index contributed by atoms with van der Waals surface area (Å²) in [6, 6.07) is 19.4. The molecule has 1 amide bonds. The van der Waals surface area contributed by atoms with E-state index in [-0.39, 0.29) is 5.91 Å². The number of nitrogens with zero attached hydrogens (tertiary/aromatic N) is 3. The number of thiazole rings is 1. The van der Waals surface area contributed by atoms with Gasteiger partial charge in [0.2, 0.25) is 0 Å². The molecular formula is C20H14ClN3OS2. The van der Waals surface area contributed by atoms with Crippen LogP contribution in [-0.4, -0.2) is 15.5 Å². The summed E-state index contributed by atoms with van der Waals surface area (Å²) in [5.74, 6) is -0.354. The average Bonchev–Trinajstić information content (AvgIpc) is 3.33. The van der Waals surface area contributed by atoms with Crippen LogP contribution in [0.1, 0.15) is 16.1 Å². The number of halogens is 1. The predicted octanol–water partition coefficient (Wildman–Crippen LogP) is 5.12. The SMILES string of the molecule is O=C(N=c1ccccn1Cc1ccccc1)c1csc(-c2ccc(Cl)s2)n1. The zero-order valence-electron chi connectivity index (χ0n) is 14.1. The van der Waals surface area contributed by atoms with Gasteiger partial charge >= 0.3 is 0 Å². The van der Waals surface area contributed by atoms with E-state index in [0.29, 0.717) is 22.1 Å². The van der Waals surface area contributed by atoms with E-state index in [1.54, 1.807) is 5.38 Å². The largest absolute Gasteiger partial charge is 0.328 e. The topological polar surface area (TPSA) is 47.2 Å². The number of aromatic nitrogens is 2. The molecule has 0 radical (unpaired) electrons. The average molecular weight is 412 g/mol. The van der Waals surface area contributed by atoms with Crippen LogP contribution in [-0.2, 0) is 6.54 Å². The lowest BCUT2D eigenvalue weighted by atomic mass is 10.2. The van der Waals surface area contributed by atoms with Gasteiger partial charge in [-0.05, 0) is 29.8 Å². The summed E-state index contributed by atoms with van der Waals surface area (Å²) in [7, 11) is 0. The monoisotopic (exact) mass is 411 g/mol. The maximum atomic E-state index is 12.6. The van der Waals surface area contributed by atoms with Crippen molar-refractivity contribution in [1.82, 2.24) is 9.55 Å². The highest BCUT2D eigenvalue weighted by Crippen LogP contribution is 2.32. The highest BCUT2D eigenvalue weighted by Gasteiger charge is 2.12. The summed E-state index contributed by atoms with van der Waals surface area (Å²) in [6.45, 7) is 0.643. The first kappa shape index (κ1) is 17.9. The predicted molar refractivity (Wildman–Crippen MR) is 110 cm³/mol. The van der Waals surface area contributed by atoms with Gasteiger partial charge < -0.3 is 4.57 Å². The second-order valence-corrected chi connectivity index (χ2v) is 8.30. The van der Waals surface area contributed by atoms with Crippen molar-refractivity contribution in [3.63, 3.8) is 0 Å². The van der Waals surface area contributed by atoms with Gasteiger partial charge in [-0.3, -0.25) is 4.79 Å². The van der Waals surface area contributed by atoms with Crippen LogP contribution in [0.25, 0.3) is 9.88 Å². The first-order valence-electron chi connectivity index (χ1n) is 8.19. The van der Waals surface area contributed by atoms with E-state index in [1.165, 1.54) is 22.7 Å². The minimum atomic E-state index is -0.354. The Labute approximate surface area is 169 Å². The summed E-state index contributed by atoms with van der Waals surface area (Å²) in [5, 5.41) is 2.51. The van der Waals surface area contributed by atoms with Crippen molar-refractivity contribution < 1.29 is 4.79 Å². The molecule has 0 bridgehead atoms. The molecule has 0 atom stereocenters. The number of carbonyl (C=O) groups is 1. The molecule has 0 unspecified atom stereocenters. The van der Waals surface area contributed by atoms with E-state index < -0.39 is 0 Å². The normalized spacial score (nSPS) is 11.7. The molecule has 4 aromatic rings. The molecule has 3 heterocycles. The van der Waals surface area contributed by atoms with E-state index in [0.717, 1.165) is 15.4 Å². The first-order valence-corrected chi connectivity index (χ1v) is 10.3. The summed E-state index contributed by atoms with van der Waals surface area (Å²) < 4.78 is 2.64. The van der Waals surface area contributed by atoms with Gasteiger partial charge in [-0.1, -0.05) is 48.0 Å². The van der Waals surface area contributed by atoms with Gasteiger partial charge in [-0.2, -0.15) is 4.99 Å². The lowest BCUT2D eigenvalue weighted by Crippen LogP contribution is -2.22. The molecule has 3 aromatic heterocycles. The molecule has 0 saturated heterocycles. The molecule has 0 saturated carbocycles. The summed E-state index contributed by atoms with van der Waals surface area (Å²) >= 11 is 8.83. The van der Waals surface area contributed by atoms with Gasteiger partial charge in [0.05, 0.1) is 9.21 Å². The maximum absolute atomic E-state index is 12.6. The fourth-order valence-electron chi connectivity index (χ4n) is 2.56. The number of rotatable bonds is 4. The quantitative estimate of drug-likeness (QED) is 0.468. The van der Waals surface area contributed by atoms with Gasteiger partial charge in [-0.25, -0.2) is 4.98 Å². The van der Waals surface area contributed by atoms with Gasteiger partial charge in [0.25, 0.3) is 5.91 Å². The van der Waals surface area contributed by atoms with Crippen LogP contribution >= 0.6 is 34.3 Å². The van der Waals surface area contributed by atoms with E-state index in [4.69, 9.17) is 11.6 Å². The van der Waals surface area contributed by atoms with Gasteiger partial charge in [-0.15, -0.1) is 22.7 Å². The Morgan fingerprint density at radius 2 is 1.89 bits per heavy atom. The van der Waals surface area contributed by atoms with Crippen LogP contribution in [0.5, 0.6) is 0 Å². The van der Waals surface area contributed by atoms with Crippen LogP contribution in [0.4, 0.5) is 0 Å². The molecule has 4 rings (SSSR count). The summed E-state index contributed by atoms with van der Waals surface area (Å²) in [5.41, 5.74) is 2.08. The van der Waals surface area contributed by atoms with Crippen LogP contribution < -0.4 is 5.49 Å². The van der Waals surface area contributed by atoms with Gasteiger partial charge in [0.15, 0.2) is 0 Å². The molecule has 27 heavy (non-hydrogen) atoms. The Kier molecular flexibility index (Phi) is 5.29. The van der Waals surface area contributed by atoms with Crippen molar-refractivity contribution in [2.45, 2.75) is 6.54 Å². The first-order chi connectivity index (χ1) is 13.2. The van der Waals surface area contributed by atoms with E-state index in [1.807, 2.05) is 71.4 Å². The third-order valence-corrected chi connectivity index (χ3v) is 6.08. The minimum absolute atomic E-state index is 0.342. The highest BCUT2D eigenvalue weighted by molar-refractivity contribution is 7.23. The fourth-order valence-corrected chi connectivity index (χ4v) is 4.47. The van der Waals surface area contributed by atoms with Crippen LogP contribution in [0, 0.1) is 0 Å². The highest BCUT2D eigenvalue weighted by atomic mass is 35.5. The van der Waals surface area contributed by atoms with Crippen LogP contribution in [0.3, 0.4) is 0 Å². The number of amides is 1. The van der Waals surface area contributed by atoms with Crippen LogP contribution in [0.2, 0.25) is 4.34 Å². The van der Waals surface area contributed by atoms with Crippen molar-refractivity contribution >= 4 is 40.2 Å². The van der Waals surface area contributed by atoms with Crippen molar-refractivity contribution in [3.8, 4) is 9.88 Å². The lowest BCUT2D eigenvalue weighted by molar-refractivity contribution is 0.0993. The fraction of sp³-hybridized carbons (Fsp3) is 0.0500. The summed E-state index contributed by atoms with van der Waals surface area (Å²) in [6.07, 6.45) is 1.92. The van der Waals surface area contributed by atoms with Crippen molar-refractivity contribution in [1.29, 1.82) is 0 Å². The number of thiophene rings is 1. The molecule has 134 valence electrons. The second kappa shape index (κ2) is 8.00. The Morgan fingerprint density at radius 3 is 2.67 bits per heavy atom. The molecule has 4 nitrogen and oxygen atoms in total. The van der Waals surface area contributed by atoms with Gasteiger partial charge in [0.1, 0.15) is 16.2 Å². The molecule has 0 N–H and O–H groups in total. The number of hydrogen-bond donors (Lipinski definition) is 0. The molecular weight excluding hydrogens is 398 g/mol. The van der Waals surface area contributed by atoms with E-state index >= 15 is 0 Å². The minimum Gasteiger partial charge on any atom is -0.328 e. The zero-order valence-corrected chi connectivity index (χ0v) is 16.5. The Balaban J connectivity index is 1.62. The van der Waals surface area contributed by atoms with Crippen molar-refractivity contribution in [2.75, 3.05) is 0 Å². The smallest absolute Gasteiger partial charge is 0.298 e. The second-order valence-electron chi connectivity index (χ2n) is 5.73. The Bertz CT molecular complexity index is 1150. The van der Waals surface area contributed by atoms with E-state index in [9.17, 15) is 4.79 Å². The molecule has 7 heteroatoms. The third-order valence-electron chi connectivity index (χ3n) is 3.84. The number of benzene rings is 1. The van der Waals surface area contributed by atoms with E-state index in [2.05, 4.69) is 9.98 Å².